The molecule has 2 amide bonds. The summed E-state index contributed by atoms with van der Waals surface area (Å²) in [6.07, 6.45) is 1.37. The smallest absolute Gasteiger partial charge is 0.282 e. The summed E-state index contributed by atoms with van der Waals surface area (Å²) in [5.74, 6) is -1.03. The van der Waals surface area contributed by atoms with Gasteiger partial charge in [-0.1, -0.05) is 33.6 Å². The zero-order valence-electron chi connectivity index (χ0n) is 12.5. The molecule has 5 nitrogen and oxygen atoms in total. The van der Waals surface area contributed by atoms with Crippen LogP contribution in [0.15, 0.2) is 50.9 Å². The number of phenols is 1. The predicted molar refractivity (Wildman–Crippen MR) is 98.3 cm³/mol. The van der Waals surface area contributed by atoms with E-state index in [1.807, 2.05) is 19.1 Å². The first-order valence-electron chi connectivity index (χ1n) is 6.98. The molecule has 1 aliphatic rings. The fourth-order valence-electron chi connectivity index (χ4n) is 2.28. The molecule has 0 aromatic heterocycles. The van der Waals surface area contributed by atoms with Crippen LogP contribution in [-0.4, -0.2) is 16.9 Å². The van der Waals surface area contributed by atoms with Crippen molar-refractivity contribution in [2.75, 3.05) is 5.01 Å². The number of hydrazine groups is 1. The number of nitrogens with one attached hydrogen (secondary N) is 1. The Morgan fingerprint density at radius 1 is 1.12 bits per heavy atom. The number of benzene rings is 2. The minimum absolute atomic E-state index is 0.0416. The van der Waals surface area contributed by atoms with Crippen molar-refractivity contribution < 1.29 is 14.7 Å². The number of hydrogen-bond donors (Lipinski definition) is 2. The molecule has 1 aliphatic heterocycles. The van der Waals surface area contributed by atoms with Gasteiger partial charge in [-0.25, -0.2) is 5.01 Å². The maximum absolute atomic E-state index is 12.6. The Morgan fingerprint density at radius 3 is 2.46 bits per heavy atom. The van der Waals surface area contributed by atoms with Crippen molar-refractivity contribution in [3.8, 4) is 5.75 Å². The van der Waals surface area contributed by atoms with Crippen molar-refractivity contribution in [1.82, 2.24) is 5.43 Å². The maximum atomic E-state index is 12.6. The Balaban J connectivity index is 1.99. The molecule has 1 saturated heterocycles. The summed E-state index contributed by atoms with van der Waals surface area (Å²) in [4.78, 5) is 24.7. The molecule has 0 bridgehead atoms. The Morgan fingerprint density at radius 2 is 1.79 bits per heavy atom. The Bertz CT molecular complexity index is 876. The van der Waals surface area contributed by atoms with Crippen LogP contribution in [0.4, 0.5) is 5.69 Å². The lowest BCUT2D eigenvalue weighted by molar-refractivity contribution is -0.117. The Kier molecular flexibility index (Phi) is 4.47. The number of hydrogen-bond acceptors (Lipinski definition) is 3. The highest BCUT2D eigenvalue weighted by Gasteiger charge is 2.34. The van der Waals surface area contributed by atoms with Crippen LogP contribution in [0, 0.1) is 6.92 Å². The summed E-state index contributed by atoms with van der Waals surface area (Å²) < 4.78 is 1.17. The zero-order valence-corrected chi connectivity index (χ0v) is 15.7. The van der Waals surface area contributed by atoms with Crippen molar-refractivity contribution in [2.45, 2.75) is 6.92 Å². The summed E-state index contributed by atoms with van der Waals surface area (Å²) >= 11 is 6.54. The average Bonchev–Trinajstić information content (AvgIpc) is 2.81. The standard InChI is InChI=1S/C17H12Br2N2O3/c1-9-2-4-12(5-3-9)21-17(24)13(16(23)20-21)7-10-6-11(18)8-14(19)15(10)22/h2-8,22H,1H3,(H,20,23). The fraction of sp³-hybridized carbons (Fsp3) is 0.0588. The molecular weight excluding hydrogens is 440 g/mol. The zero-order chi connectivity index (χ0) is 17.4. The lowest BCUT2D eigenvalue weighted by Gasteiger charge is -2.14. The van der Waals surface area contributed by atoms with Gasteiger partial charge in [-0.15, -0.1) is 0 Å². The third-order valence-corrected chi connectivity index (χ3v) is 4.60. The van der Waals surface area contributed by atoms with Crippen molar-refractivity contribution in [3.05, 3.63) is 62.0 Å². The average molecular weight is 452 g/mol. The third-order valence-electron chi connectivity index (χ3n) is 3.54. The topological polar surface area (TPSA) is 69.6 Å². The molecule has 1 heterocycles. The summed E-state index contributed by atoms with van der Waals surface area (Å²) in [7, 11) is 0. The van der Waals surface area contributed by atoms with Crippen molar-refractivity contribution in [3.63, 3.8) is 0 Å². The van der Waals surface area contributed by atoms with Gasteiger partial charge in [0, 0.05) is 10.0 Å². The molecule has 0 unspecified atom stereocenters. The molecule has 122 valence electrons. The molecule has 0 saturated carbocycles. The van der Waals surface area contributed by atoms with Gasteiger partial charge >= 0.3 is 0 Å². The number of rotatable bonds is 2. The van der Waals surface area contributed by atoms with Crippen LogP contribution in [0.2, 0.25) is 0 Å². The molecule has 0 atom stereocenters. The molecule has 2 aromatic carbocycles. The van der Waals surface area contributed by atoms with Crippen molar-refractivity contribution in [1.29, 1.82) is 0 Å². The van der Waals surface area contributed by atoms with E-state index in [0.29, 0.717) is 20.2 Å². The van der Waals surface area contributed by atoms with Crippen molar-refractivity contribution in [2.24, 2.45) is 0 Å². The second kappa shape index (κ2) is 6.41. The number of phenolic OH excluding ortho intramolecular Hbond substituents is 1. The monoisotopic (exact) mass is 450 g/mol. The van der Waals surface area contributed by atoms with E-state index >= 15 is 0 Å². The summed E-state index contributed by atoms with van der Waals surface area (Å²) in [5, 5.41) is 11.3. The number of carbonyl (C=O) groups excluding carboxylic acids is 2. The van der Waals surface area contributed by atoms with Crippen LogP contribution in [0.25, 0.3) is 6.08 Å². The van der Waals surface area contributed by atoms with Gasteiger partial charge in [-0.05, 0) is 53.2 Å². The first-order chi connectivity index (χ1) is 11.4. The molecule has 2 aromatic rings. The quantitative estimate of drug-likeness (QED) is 0.540. The van der Waals surface area contributed by atoms with E-state index in [4.69, 9.17) is 0 Å². The van der Waals surface area contributed by atoms with E-state index in [-0.39, 0.29) is 11.3 Å². The molecule has 0 radical (unpaired) electrons. The van der Waals surface area contributed by atoms with Gasteiger partial charge in [0.05, 0.1) is 10.2 Å². The van der Waals surface area contributed by atoms with Gasteiger partial charge in [0.1, 0.15) is 11.3 Å². The van der Waals surface area contributed by atoms with Crippen LogP contribution in [-0.2, 0) is 9.59 Å². The van der Waals surface area contributed by atoms with Gasteiger partial charge in [0.25, 0.3) is 11.8 Å². The summed E-state index contributed by atoms with van der Waals surface area (Å²) in [6.45, 7) is 1.94. The number of aromatic hydroxyl groups is 1. The second-order valence-electron chi connectivity index (χ2n) is 5.30. The van der Waals surface area contributed by atoms with Gasteiger partial charge in [-0.3, -0.25) is 15.0 Å². The van der Waals surface area contributed by atoms with E-state index in [0.717, 1.165) is 5.56 Å². The maximum Gasteiger partial charge on any atom is 0.282 e. The van der Waals surface area contributed by atoms with Gasteiger partial charge in [0.2, 0.25) is 0 Å². The highest BCUT2D eigenvalue weighted by Crippen LogP contribution is 2.34. The molecule has 24 heavy (non-hydrogen) atoms. The van der Waals surface area contributed by atoms with Crippen LogP contribution in [0.3, 0.4) is 0 Å². The molecule has 0 aliphatic carbocycles. The molecule has 3 rings (SSSR count). The fourth-order valence-corrected chi connectivity index (χ4v) is 3.54. The van der Waals surface area contributed by atoms with E-state index < -0.39 is 11.8 Å². The molecule has 2 N–H and O–H groups in total. The largest absolute Gasteiger partial charge is 0.506 e. The van der Waals surface area contributed by atoms with E-state index in [2.05, 4.69) is 37.3 Å². The lowest BCUT2D eigenvalue weighted by Crippen LogP contribution is -2.35. The van der Waals surface area contributed by atoms with E-state index in [1.54, 1.807) is 24.3 Å². The van der Waals surface area contributed by atoms with Crippen LogP contribution < -0.4 is 10.4 Å². The molecule has 0 spiro atoms. The number of amides is 2. The number of nitrogens with zero attached hydrogens (tertiary/aromatic N) is 1. The van der Waals surface area contributed by atoms with E-state index in [1.165, 1.54) is 11.1 Å². The first kappa shape index (κ1) is 16.7. The predicted octanol–water partition coefficient (Wildman–Crippen LogP) is 3.69. The van der Waals surface area contributed by atoms with Gasteiger partial charge in [-0.2, -0.15) is 0 Å². The molecule has 7 heteroatoms. The minimum atomic E-state index is -0.518. The van der Waals surface area contributed by atoms with Gasteiger partial charge in [0.15, 0.2) is 0 Å². The summed E-state index contributed by atoms with van der Waals surface area (Å²) in [5.41, 5.74) is 4.47. The number of aryl methyl sites for hydroxylation is 1. The van der Waals surface area contributed by atoms with E-state index in [9.17, 15) is 14.7 Å². The van der Waals surface area contributed by atoms with Crippen molar-refractivity contribution >= 4 is 55.4 Å². The summed E-state index contributed by atoms with van der Waals surface area (Å²) in [6, 6.07) is 10.5. The van der Waals surface area contributed by atoms with Crippen LogP contribution in [0.5, 0.6) is 5.75 Å². The molecule has 1 fully saturated rings. The normalized spacial score (nSPS) is 16.0. The third kappa shape index (κ3) is 3.09. The Hall–Kier alpha value is -2.12. The highest BCUT2D eigenvalue weighted by molar-refractivity contribution is 9.11. The Labute approximate surface area is 155 Å². The number of halogens is 2. The highest BCUT2D eigenvalue weighted by atomic mass is 79.9. The van der Waals surface area contributed by atoms with Crippen LogP contribution in [0.1, 0.15) is 11.1 Å². The number of carbonyl (C=O) groups is 2. The SMILES string of the molecule is Cc1ccc(N2NC(=O)C(=Cc3cc(Br)cc(Br)c3O)C2=O)cc1. The number of anilines is 1. The van der Waals surface area contributed by atoms with Crippen LogP contribution >= 0.6 is 31.9 Å². The first-order valence-corrected chi connectivity index (χ1v) is 8.57. The lowest BCUT2D eigenvalue weighted by atomic mass is 10.1. The van der Waals surface area contributed by atoms with Gasteiger partial charge < -0.3 is 5.11 Å². The second-order valence-corrected chi connectivity index (χ2v) is 7.07. The molecular formula is C17H12Br2N2O3. The minimum Gasteiger partial charge on any atom is -0.506 e.